The third-order valence-corrected chi connectivity index (χ3v) is 1.56. The summed E-state index contributed by atoms with van der Waals surface area (Å²) in [6, 6.07) is 0. The lowest BCUT2D eigenvalue weighted by atomic mass is 10.1. The van der Waals surface area contributed by atoms with Gasteiger partial charge in [0.15, 0.2) is 0 Å². The molecule has 1 heterocycles. The van der Waals surface area contributed by atoms with E-state index >= 15 is 0 Å². The molecule has 1 aromatic rings. The first-order chi connectivity index (χ1) is 5.55. The van der Waals surface area contributed by atoms with Crippen LogP contribution in [-0.2, 0) is 12.1 Å². The molecule has 12 heavy (non-hydrogen) atoms. The first-order valence-corrected chi connectivity index (χ1v) is 3.78. The second-order valence-electron chi connectivity index (χ2n) is 3.13. The predicted molar refractivity (Wildman–Crippen MR) is 42.4 cm³/mol. The Morgan fingerprint density at radius 2 is 2.25 bits per heavy atom. The topological polar surface area (TPSA) is 71.2 Å². The van der Waals surface area contributed by atoms with Crippen LogP contribution in [-0.4, -0.2) is 31.8 Å². The third kappa shape index (κ3) is 1.80. The summed E-state index contributed by atoms with van der Waals surface area (Å²) in [7, 11) is 0. The molecule has 1 rings (SSSR count). The number of hydrogen-bond donors (Lipinski definition) is 2. The molecule has 0 amide bonds. The molecule has 68 valence electrons. The molecule has 0 aliphatic heterocycles. The number of aromatic nitrogens is 3. The number of rotatable bonds is 3. The van der Waals surface area contributed by atoms with Crippen LogP contribution in [0.15, 0.2) is 6.20 Å². The van der Waals surface area contributed by atoms with E-state index in [4.69, 9.17) is 5.11 Å². The van der Waals surface area contributed by atoms with Crippen LogP contribution in [0, 0.1) is 0 Å². The Kier molecular flexibility index (Phi) is 2.44. The fraction of sp³-hybridized carbons (Fsp3) is 0.714. The summed E-state index contributed by atoms with van der Waals surface area (Å²) in [6.07, 6.45) is 1.50. The molecule has 0 fully saturated rings. The van der Waals surface area contributed by atoms with Crippen molar-refractivity contribution in [2.45, 2.75) is 26.0 Å². The zero-order valence-corrected chi connectivity index (χ0v) is 7.23. The Balaban J connectivity index is 2.91. The quantitative estimate of drug-likeness (QED) is 0.643. The zero-order chi connectivity index (χ0) is 9.19. The Morgan fingerprint density at radius 3 is 2.75 bits per heavy atom. The van der Waals surface area contributed by atoms with Crippen LogP contribution < -0.4 is 0 Å². The Labute approximate surface area is 70.6 Å². The standard InChI is InChI=1S/C7H13N3O2/c1-7(2,12)6-5-8-9-10(6)3-4-11/h5,11-12H,3-4H2,1-2H3. The number of aliphatic hydroxyl groups excluding tert-OH is 1. The highest BCUT2D eigenvalue weighted by Gasteiger charge is 2.21. The highest BCUT2D eigenvalue weighted by molar-refractivity contribution is 5.04. The maximum Gasteiger partial charge on any atom is 0.102 e. The van der Waals surface area contributed by atoms with Gasteiger partial charge in [0.05, 0.1) is 25.0 Å². The molecular weight excluding hydrogens is 158 g/mol. The van der Waals surface area contributed by atoms with Crippen molar-refractivity contribution < 1.29 is 10.2 Å². The van der Waals surface area contributed by atoms with Crippen LogP contribution in [0.3, 0.4) is 0 Å². The molecule has 5 heteroatoms. The van der Waals surface area contributed by atoms with Gasteiger partial charge in [-0.2, -0.15) is 0 Å². The molecule has 0 unspecified atom stereocenters. The van der Waals surface area contributed by atoms with Gasteiger partial charge in [0.2, 0.25) is 0 Å². The average Bonchev–Trinajstić information content (AvgIpc) is 2.34. The summed E-state index contributed by atoms with van der Waals surface area (Å²) >= 11 is 0. The minimum atomic E-state index is -0.960. The van der Waals surface area contributed by atoms with Gasteiger partial charge < -0.3 is 10.2 Å². The van der Waals surface area contributed by atoms with Gasteiger partial charge in [-0.25, -0.2) is 4.68 Å². The molecule has 0 spiro atoms. The number of hydrogen-bond acceptors (Lipinski definition) is 4. The molecule has 0 saturated heterocycles. The van der Waals surface area contributed by atoms with Gasteiger partial charge in [-0.3, -0.25) is 0 Å². The molecule has 0 atom stereocenters. The van der Waals surface area contributed by atoms with E-state index in [1.54, 1.807) is 13.8 Å². The van der Waals surface area contributed by atoms with Crippen molar-refractivity contribution in [3.63, 3.8) is 0 Å². The van der Waals surface area contributed by atoms with Crippen LogP contribution in [0.1, 0.15) is 19.5 Å². The fourth-order valence-electron chi connectivity index (χ4n) is 0.991. The summed E-state index contributed by atoms with van der Waals surface area (Å²) in [6.45, 7) is 3.66. The Hall–Kier alpha value is -0.940. The van der Waals surface area contributed by atoms with E-state index in [9.17, 15) is 5.11 Å². The molecule has 0 aliphatic carbocycles. The summed E-state index contributed by atoms with van der Waals surface area (Å²) in [5.41, 5.74) is -0.352. The normalized spacial score (nSPS) is 12.0. The molecular formula is C7H13N3O2. The molecule has 5 nitrogen and oxygen atoms in total. The second kappa shape index (κ2) is 3.20. The van der Waals surface area contributed by atoms with Crippen LogP contribution >= 0.6 is 0 Å². The minimum Gasteiger partial charge on any atom is -0.394 e. The lowest BCUT2D eigenvalue weighted by Crippen LogP contribution is -2.22. The molecule has 0 aromatic carbocycles. The van der Waals surface area contributed by atoms with E-state index in [1.165, 1.54) is 10.9 Å². The average molecular weight is 171 g/mol. The van der Waals surface area contributed by atoms with Crippen molar-refractivity contribution in [3.8, 4) is 0 Å². The largest absolute Gasteiger partial charge is 0.394 e. The highest BCUT2D eigenvalue weighted by Crippen LogP contribution is 2.17. The van der Waals surface area contributed by atoms with Crippen molar-refractivity contribution >= 4 is 0 Å². The van der Waals surface area contributed by atoms with Gasteiger partial charge in [0.1, 0.15) is 5.60 Å². The van der Waals surface area contributed by atoms with Gasteiger partial charge in [-0.1, -0.05) is 5.21 Å². The number of aliphatic hydroxyl groups is 2. The van der Waals surface area contributed by atoms with E-state index in [0.29, 0.717) is 12.2 Å². The lowest BCUT2D eigenvalue weighted by molar-refractivity contribution is 0.0670. The molecule has 2 N–H and O–H groups in total. The Morgan fingerprint density at radius 1 is 1.58 bits per heavy atom. The van der Waals surface area contributed by atoms with E-state index in [1.807, 2.05) is 0 Å². The second-order valence-corrected chi connectivity index (χ2v) is 3.13. The summed E-state index contributed by atoms with van der Waals surface area (Å²) in [4.78, 5) is 0. The van der Waals surface area contributed by atoms with Gasteiger partial charge >= 0.3 is 0 Å². The highest BCUT2D eigenvalue weighted by atomic mass is 16.3. The smallest absolute Gasteiger partial charge is 0.102 e. The van der Waals surface area contributed by atoms with Gasteiger partial charge in [0.25, 0.3) is 0 Å². The third-order valence-electron chi connectivity index (χ3n) is 1.56. The fourth-order valence-corrected chi connectivity index (χ4v) is 0.991. The van der Waals surface area contributed by atoms with Crippen molar-refractivity contribution in [1.82, 2.24) is 15.0 Å². The zero-order valence-electron chi connectivity index (χ0n) is 7.23. The maximum absolute atomic E-state index is 9.60. The molecule has 0 bridgehead atoms. The van der Waals surface area contributed by atoms with Crippen LogP contribution in [0.25, 0.3) is 0 Å². The first kappa shape index (κ1) is 9.15. The van der Waals surface area contributed by atoms with Crippen LogP contribution in [0.5, 0.6) is 0 Å². The van der Waals surface area contributed by atoms with E-state index in [2.05, 4.69) is 10.3 Å². The summed E-state index contributed by atoms with van der Waals surface area (Å²) in [5, 5.41) is 25.6. The molecule has 0 radical (unpaired) electrons. The van der Waals surface area contributed by atoms with Crippen molar-refractivity contribution in [2.24, 2.45) is 0 Å². The van der Waals surface area contributed by atoms with Crippen LogP contribution in [0.2, 0.25) is 0 Å². The van der Waals surface area contributed by atoms with Crippen molar-refractivity contribution in [1.29, 1.82) is 0 Å². The number of nitrogens with zero attached hydrogens (tertiary/aromatic N) is 3. The van der Waals surface area contributed by atoms with Gasteiger partial charge in [-0.15, -0.1) is 5.10 Å². The summed E-state index contributed by atoms with van der Waals surface area (Å²) < 4.78 is 1.49. The SMILES string of the molecule is CC(C)(O)c1cnnn1CCO. The molecule has 0 saturated carbocycles. The van der Waals surface area contributed by atoms with Gasteiger partial charge in [0, 0.05) is 0 Å². The molecule has 0 aliphatic rings. The van der Waals surface area contributed by atoms with E-state index in [-0.39, 0.29) is 6.61 Å². The monoisotopic (exact) mass is 171 g/mol. The maximum atomic E-state index is 9.60. The van der Waals surface area contributed by atoms with Crippen LogP contribution in [0.4, 0.5) is 0 Å². The van der Waals surface area contributed by atoms with Crippen molar-refractivity contribution in [2.75, 3.05) is 6.61 Å². The van der Waals surface area contributed by atoms with Gasteiger partial charge in [-0.05, 0) is 13.8 Å². The predicted octanol–water partition coefficient (Wildman–Crippen LogP) is -0.502. The lowest BCUT2D eigenvalue weighted by Gasteiger charge is -2.17. The first-order valence-electron chi connectivity index (χ1n) is 3.78. The van der Waals surface area contributed by atoms with E-state index in [0.717, 1.165) is 0 Å². The summed E-state index contributed by atoms with van der Waals surface area (Å²) in [5.74, 6) is 0. The Bertz CT molecular complexity index is 251. The molecule has 1 aromatic heterocycles. The van der Waals surface area contributed by atoms with Crippen molar-refractivity contribution in [3.05, 3.63) is 11.9 Å². The minimum absolute atomic E-state index is 0.00750. The van der Waals surface area contributed by atoms with E-state index < -0.39 is 5.60 Å².